The van der Waals surface area contributed by atoms with Crippen molar-refractivity contribution >= 4 is 31.6 Å². The maximum atomic E-state index is 12.9. The van der Waals surface area contributed by atoms with Crippen molar-refractivity contribution in [3.63, 3.8) is 0 Å². The Hall–Kier alpha value is -0.590. The van der Waals surface area contributed by atoms with Crippen LogP contribution in [-0.4, -0.2) is 25.3 Å². The summed E-state index contributed by atoms with van der Waals surface area (Å²) in [6.07, 6.45) is 3.81. The van der Waals surface area contributed by atoms with Crippen LogP contribution in [0.15, 0.2) is 21.5 Å². The number of benzene rings is 1. The number of aryl methyl sites for hydroxylation is 1. The lowest BCUT2D eigenvalue weighted by molar-refractivity contribution is 0.395. The Labute approximate surface area is 129 Å². The second-order valence-electron chi connectivity index (χ2n) is 5.34. The van der Waals surface area contributed by atoms with Gasteiger partial charge in [0.2, 0.25) is 10.0 Å². The third-order valence-electron chi connectivity index (χ3n) is 3.57. The van der Waals surface area contributed by atoms with Gasteiger partial charge < -0.3 is 5.73 Å². The third kappa shape index (κ3) is 3.18. The van der Waals surface area contributed by atoms with E-state index < -0.39 is 10.0 Å². The minimum atomic E-state index is -3.45. The van der Waals surface area contributed by atoms with Crippen LogP contribution in [0, 0.1) is 6.92 Å². The maximum Gasteiger partial charge on any atom is 0.243 e. The van der Waals surface area contributed by atoms with Gasteiger partial charge in [0.25, 0.3) is 0 Å². The second-order valence-corrected chi connectivity index (χ2v) is 8.05. The molecule has 20 heavy (non-hydrogen) atoms. The Morgan fingerprint density at radius 1 is 1.40 bits per heavy atom. The van der Waals surface area contributed by atoms with E-state index >= 15 is 0 Å². The molecular weight excluding hydrogens is 340 g/mol. The molecule has 0 atom stereocenters. The molecule has 1 aliphatic carbocycles. The fourth-order valence-corrected chi connectivity index (χ4v) is 4.67. The van der Waals surface area contributed by atoms with Gasteiger partial charge in [-0.3, -0.25) is 0 Å². The molecule has 1 saturated carbocycles. The Morgan fingerprint density at radius 2 is 2.05 bits per heavy atom. The van der Waals surface area contributed by atoms with Gasteiger partial charge in [0.1, 0.15) is 0 Å². The summed E-state index contributed by atoms with van der Waals surface area (Å²) in [4.78, 5) is 0.334. The highest BCUT2D eigenvalue weighted by atomic mass is 79.9. The first-order valence-corrected chi connectivity index (χ1v) is 9.18. The van der Waals surface area contributed by atoms with Gasteiger partial charge in [-0.2, -0.15) is 4.31 Å². The zero-order valence-electron chi connectivity index (χ0n) is 11.9. The molecule has 112 valence electrons. The first-order valence-electron chi connectivity index (χ1n) is 6.95. The van der Waals surface area contributed by atoms with E-state index in [9.17, 15) is 8.42 Å². The average Bonchev–Trinajstić information content (AvgIpc) is 3.18. The van der Waals surface area contributed by atoms with Gasteiger partial charge in [0.15, 0.2) is 0 Å². The molecule has 0 unspecified atom stereocenters. The molecule has 0 heterocycles. The van der Waals surface area contributed by atoms with E-state index in [0.29, 0.717) is 17.1 Å². The lowest BCUT2D eigenvalue weighted by Crippen LogP contribution is -2.34. The maximum absolute atomic E-state index is 12.9. The van der Waals surface area contributed by atoms with Crippen molar-refractivity contribution in [2.24, 2.45) is 0 Å². The largest absolute Gasteiger partial charge is 0.398 e. The van der Waals surface area contributed by atoms with E-state index in [1.54, 1.807) is 16.4 Å². The summed E-state index contributed by atoms with van der Waals surface area (Å²) in [7, 11) is -3.45. The first kappa shape index (κ1) is 15.8. The summed E-state index contributed by atoms with van der Waals surface area (Å²) in [5, 5.41) is 0. The average molecular weight is 361 g/mol. The molecule has 0 radical (unpaired) electrons. The predicted octanol–water partition coefficient (Wildman–Crippen LogP) is 3.29. The topological polar surface area (TPSA) is 63.4 Å². The van der Waals surface area contributed by atoms with Crippen LogP contribution in [0.25, 0.3) is 0 Å². The van der Waals surface area contributed by atoms with Crippen LogP contribution in [0.3, 0.4) is 0 Å². The van der Waals surface area contributed by atoms with Crippen molar-refractivity contribution < 1.29 is 8.42 Å². The molecule has 2 rings (SSSR count). The predicted molar refractivity (Wildman–Crippen MR) is 85.1 cm³/mol. The van der Waals surface area contributed by atoms with E-state index in [0.717, 1.165) is 35.7 Å². The molecular formula is C14H21BrN2O2S. The SMILES string of the molecule is CCCCN(C1CC1)S(=O)(=O)c1cc(N)c(Br)cc1C. The van der Waals surface area contributed by atoms with Crippen molar-refractivity contribution in [1.29, 1.82) is 0 Å². The lowest BCUT2D eigenvalue weighted by Gasteiger charge is -2.23. The highest BCUT2D eigenvalue weighted by molar-refractivity contribution is 9.10. The van der Waals surface area contributed by atoms with Crippen LogP contribution in [-0.2, 0) is 10.0 Å². The van der Waals surface area contributed by atoms with Gasteiger partial charge in [-0.05, 0) is 59.8 Å². The summed E-state index contributed by atoms with van der Waals surface area (Å²) in [6.45, 7) is 4.47. The summed E-state index contributed by atoms with van der Waals surface area (Å²) < 4.78 is 28.1. The number of hydrogen-bond acceptors (Lipinski definition) is 3. The lowest BCUT2D eigenvalue weighted by atomic mass is 10.2. The van der Waals surface area contributed by atoms with Gasteiger partial charge in [0, 0.05) is 22.7 Å². The van der Waals surface area contributed by atoms with E-state index in [4.69, 9.17) is 5.73 Å². The number of nitrogens with zero attached hydrogens (tertiary/aromatic N) is 1. The third-order valence-corrected chi connectivity index (χ3v) is 6.35. The zero-order chi connectivity index (χ0) is 14.9. The van der Waals surface area contributed by atoms with Crippen LogP contribution in [0.2, 0.25) is 0 Å². The second kappa shape index (κ2) is 6.03. The molecule has 0 bridgehead atoms. The summed E-state index contributed by atoms with van der Waals surface area (Å²) in [5.74, 6) is 0. The van der Waals surface area contributed by atoms with Crippen LogP contribution in [0.5, 0.6) is 0 Å². The number of nitrogens with two attached hydrogens (primary N) is 1. The van der Waals surface area contributed by atoms with Crippen molar-refractivity contribution in [3.8, 4) is 0 Å². The molecule has 0 aromatic heterocycles. The molecule has 1 fully saturated rings. The summed E-state index contributed by atoms with van der Waals surface area (Å²) in [6, 6.07) is 3.51. The molecule has 0 spiro atoms. The summed E-state index contributed by atoms with van der Waals surface area (Å²) in [5.41, 5.74) is 7.04. The van der Waals surface area contributed by atoms with Gasteiger partial charge in [-0.1, -0.05) is 13.3 Å². The number of hydrogen-bond donors (Lipinski definition) is 1. The Bertz CT molecular complexity index is 597. The fourth-order valence-electron chi connectivity index (χ4n) is 2.25. The van der Waals surface area contributed by atoms with Gasteiger partial charge in [-0.25, -0.2) is 8.42 Å². The monoisotopic (exact) mass is 360 g/mol. The van der Waals surface area contributed by atoms with Crippen LogP contribution < -0.4 is 5.73 Å². The van der Waals surface area contributed by atoms with E-state index in [1.165, 1.54) is 0 Å². The molecule has 0 saturated heterocycles. The molecule has 0 aliphatic heterocycles. The highest BCUT2D eigenvalue weighted by Crippen LogP contribution is 2.35. The van der Waals surface area contributed by atoms with Crippen molar-refractivity contribution in [1.82, 2.24) is 4.31 Å². The van der Waals surface area contributed by atoms with Crippen molar-refractivity contribution in [2.45, 2.75) is 50.5 Å². The smallest absolute Gasteiger partial charge is 0.243 e. The Kier molecular flexibility index (Phi) is 4.76. The number of sulfonamides is 1. The number of rotatable bonds is 6. The molecule has 2 N–H and O–H groups in total. The molecule has 0 amide bonds. The number of nitrogen functional groups attached to an aromatic ring is 1. The van der Waals surface area contributed by atoms with Crippen molar-refractivity contribution in [3.05, 3.63) is 22.2 Å². The van der Waals surface area contributed by atoms with E-state index in [-0.39, 0.29) is 6.04 Å². The summed E-state index contributed by atoms with van der Waals surface area (Å²) >= 11 is 3.33. The van der Waals surface area contributed by atoms with Gasteiger partial charge >= 0.3 is 0 Å². The molecule has 1 aliphatic rings. The fraction of sp³-hybridized carbons (Fsp3) is 0.571. The molecule has 1 aromatic carbocycles. The Morgan fingerprint density at radius 3 is 2.60 bits per heavy atom. The molecule has 4 nitrogen and oxygen atoms in total. The Balaban J connectivity index is 2.39. The standard InChI is InChI=1S/C14H21BrN2O2S/c1-3-4-7-17(11-5-6-11)20(18,19)14-9-13(16)12(15)8-10(14)2/h8-9,11H,3-7,16H2,1-2H3. The minimum absolute atomic E-state index is 0.177. The normalized spacial score (nSPS) is 15.8. The quantitative estimate of drug-likeness (QED) is 0.791. The van der Waals surface area contributed by atoms with E-state index in [1.807, 2.05) is 6.92 Å². The first-order chi connectivity index (χ1) is 9.37. The number of anilines is 1. The number of halogens is 1. The number of unbranched alkanes of at least 4 members (excludes halogenated alkanes) is 1. The van der Waals surface area contributed by atoms with Crippen LogP contribution >= 0.6 is 15.9 Å². The van der Waals surface area contributed by atoms with Gasteiger partial charge in [-0.15, -0.1) is 0 Å². The highest BCUT2D eigenvalue weighted by Gasteiger charge is 2.38. The van der Waals surface area contributed by atoms with Crippen LogP contribution in [0.1, 0.15) is 38.2 Å². The molecule has 6 heteroatoms. The molecule has 1 aromatic rings. The van der Waals surface area contributed by atoms with E-state index in [2.05, 4.69) is 22.9 Å². The van der Waals surface area contributed by atoms with Gasteiger partial charge in [0.05, 0.1) is 4.90 Å². The van der Waals surface area contributed by atoms with Crippen LogP contribution in [0.4, 0.5) is 5.69 Å². The van der Waals surface area contributed by atoms with Crippen molar-refractivity contribution in [2.75, 3.05) is 12.3 Å². The zero-order valence-corrected chi connectivity index (χ0v) is 14.3. The minimum Gasteiger partial charge on any atom is -0.398 e.